The fraction of sp³-hybridized carbons (Fsp3) is 0.571. The summed E-state index contributed by atoms with van der Waals surface area (Å²) < 4.78 is 0. The third-order valence-electron chi connectivity index (χ3n) is 3.56. The molecule has 6 nitrogen and oxygen atoms in total. The minimum absolute atomic E-state index is 0.0640. The fourth-order valence-corrected chi connectivity index (χ4v) is 4.09. The topological polar surface area (TPSA) is 94.2 Å². The highest BCUT2D eigenvalue weighted by atomic mass is 32.2. The summed E-state index contributed by atoms with van der Waals surface area (Å²) in [7, 11) is 0. The number of unbranched alkanes of at least 4 members (excludes halogenated alkanes) is 1. The van der Waals surface area contributed by atoms with Crippen LogP contribution in [0, 0.1) is 0 Å². The number of urea groups is 1. The lowest BCUT2D eigenvalue weighted by molar-refractivity contribution is -0.137. The summed E-state index contributed by atoms with van der Waals surface area (Å²) in [4.78, 5) is 24.3. The Morgan fingerprint density at radius 3 is 2.67 bits per heavy atom. The Hall–Kier alpha value is -1.63. The molecule has 21 heavy (non-hydrogen) atoms. The summed E-state index contributed by atoms with van der Waals surface area (Å²) in [6.45, 7) is 0. The number of H-pyrrole nitrogens is 1. The zero-order valence-electron chi connectivity index (χ0n) is 11.7. The lowest BCUT2D eigenvalue weighted by Gasteiger charge is -2.16. The van der Waals surface area contributed by atoms with Gasteiger partial charge >= 0.3 is 12.0 Å². The van der Waals surface area contributed by atoms with Crippen molar-refractivity contribution in [2.24, 2.45) is 0 Å². The SMILES string of the molecule is O=C(O)CCCC[C@@H]1SC[C@@H]2NC(=O)N[C@@H]21.c1cc[nH]c1. The van der Waals surface area contributed by atoms with Crippen molar-refractivity contribution < 1.29 is 14.7 Å². The molecule has 2 aliphatic rings. The molecule has 0 bridgehead atoms. The second kappa shape index (κ2) is 7.97. The summed E-state index contributed by atoms with van der Waals surface area (Å²) in [5.74, 6) is 0.236. The van der Waals surface area contributed by atoms with Crippen molar-refractivity contribution in [3.8, 4) is 0 Å². The average Bonchev–Trinajstić information content (AvgIpc) is 3.14. The molecule has 1 aromatic rings. The number of carboxylic acids is 1. The summed E-state index contributed by atoms with van der Waals surface area (Å²) in [6, 6.07) is 4.33. The van der Waals surface area contributed by atoms with Crippen LogP contribution in [0.3, 0.4) is 0 Å². The number of hydrogen-bond acceptors (Lipinski definition) is 3. The van der Waals surface area contributed by atoms with Gasteiger partial charge < -0.3 is 20.7 Å². The van der Waals surface area contributed by atoms with Crippen LogP contribution in [-0.2, 0) is 4.79 Å². The van der Waals surface area contributed by atoms with Crippen LogP contribution in [0.25, 0.3) is 0 Å². The number of carboxylic acid groups (broad SMARTS) is 1. The monoisotopic (exact) mass is 311 g/mol. The molecule has 0 saturated carbocycles. The molecular formula is C14H21N3O3S. The van der Waals surface area contributed by atoms with E-state index >= 15 is 0 Å². The maximum Gasteiger partial charge on any atom is 0.315 e. The van der Waals surface area contributed by atoms with Crippen molar-refractivity contribution in [3.63, 3.8) is 0 Å². The van der Waals surface area contributed by atoms with Gasteiger partial charge in [0.1, 0.15) is 0 Å². The summed E-state index contributed by atoms with van der Waals surface area (Å²) >= 11 is 1.87. The standard InChI is InChI=1S/C10H16N2O3S.C4H5N/c13-8(14)4-2-1-3-7-9-6(5-16-7)11-10(15)12-9;1-2-4-5-3-1/h6-7,9H,1-5H2,(H,13,14)(H2,11,12,15);1-5H/t6-,7-,9-;/m0./s1. The number of carbonyl (C=O) groups excluding carboxylic acids is 1. The van der Waals surface area contributed by atoms with E-state index in [0.717, 1.165) is 25.0 Å². The van der Waals surface area contributed by atoms with E-state index in [9.17, 15) is 9.59 Å². The van der Waals surface area contributed by atoms with Crippen molar-refractivity contribution in [1.82, 2.24) is 15.6 Å². The molecule has 0 aromatic carbocycles. The van der Waals surface area contributed by atoms with E-state index in [4.69, 9.17) is 5.11 Å². The van der Waals surface area contributed by atoms with Gasteiger partial charge in [0.2, 0.25) is 0 Å². The average molecular weight is 311 g/mol. The number of rotatable bonds is 5. The molecule has 116 valence electrons. The van der Waals surface area contributed by atoms with Crippen molar-refractivity contribution in [2.45, 2.75) is 43.0 Å². The predicted molar refractivity (Wildman–Crippen MR) is 82.4 cm³/mol. The molecular weight excluding hydrogens is 290 g/mol. The molecule has 3 atom stereocenters. The van der Waals surface area contributed by atoms with E-state index in [-0.39, 0.29) is 24.5 Å². The van der Waals surface area contributed by atoms with Crippen LogP contribution in [0.1, 0.15) is 25.7 Å². The van der Waals surface area contributed by atoms with E-state index < -0.39 is 5.97 Å². The maximum atomic E-state index is 11.1. The molecule has 2 aliphatic heterocycles. The summed E-state index contributed by atoms with van der Waals surface area (Å²) in [6.07, 6.45) is 6.63. The minimum Gasteiger partial charge on any atom is -0.481 e. The van der Waals surface area contributed by atoms with E-state index in [2.05, 4.69) is 15.6 Å². The number of aliphatic carboxylic acids is 1. The maximum absolute atomic E-state index is 11.1. The third kappa shape index (κ3) is 5.00. The molecule has 0 aliphatic carbocycles. The first-order chi connectivity index (χ1) is 10.2. The van der Waals surface area contributed by atoms with Gasteiger partial charge in [0.25, 0.3) is 0 Å². The second-order valence-corrected chi connectivity index (χ2v) is 6.42. The molecule has 2 fully saturated rings. The summed E-state index contributed by atoms with van der Waals surface area (Å²) in [5.41, 5.74) is 0. The molecule has 7 heteroatoms. The molecule has 0 radical (unpaired) electrons. The van der Waals surface area contributed by atoms with E-state index in [0.29, 0.717) is 5.25 Å². The molecule has 2 saturated heterocycles. The van der Waals surface area contributed by atoms with Gasteiger partial charge in [0.05, 0.1) is 12.1 Å². The highest BCUT2D eigenvalue weighted by Gasteiger charge is 2.42. The van der Waals surface area contributed by atoms with Crippen LogP contribution in [0.5, 0.6) is 0 Å². The number of aromatic nitrogens is 1. The van der Waals surface area contributed by atoms with Crippen LogP contribution in [-0.4, -0.2) is 45.2 Å². The van der Waals surface area contributed by atoms with Gasteiger partial charge in [-0.15, -0.1) is 0 Å². The molecule has 3 rings (SSSR count). The second-order valence-electron chi connectivity index (χ2n) is 5.15. The Kier molecular flexibility index (Phi) is 5.98. The quantitative estimate of drug-likeness (QED) is 0.493. The lowest BCUT2D eigenvalue weighted by atomic mass is 10.0. The van der Waals surface area contributed by atoms with E-state index in [1.54, 1.807) is 0 Å². The normalized spacial score (nSPS) is 26.3. The molecule has 2 amide bonds. The lowest BCUT2D eigenvalue weighted by Crippen LogP contribution is -2.36. The first-order valence-electron chi connectivity index (χ1n) is 7.15. The zero-order valence-corrected chi connectivity index (χ0v) is 12.6. The van der Waals surface area contributed by atoms with Crippen LogP contribution in [0.2, 0.25) is 0 Å². The van der Waals surface area contributed by atoms with Gasteiger partial charge in [-0.25, -0.2) is 4.79 Å². The first-order valence-corrected chi connectivity index (χ1v) is 8.20. The van der Waals surface area contributed by atoms with Crippen molar-refractivity contribution in [1.29, 1.82) is 0 Å². The van der Waals surface area contributed by atoms with Crippen LogP contribution in [0.15, 0.2) is 24.5 Å². The molecule has 4 N–H and O–H groups in total. The number of carbonyl (C=O) groups is 2. The number of amides is 2. The van der Waals surface area contributed by atoms with Crippen LogP contribution < -0.4 is 10.6 Å². The molecule has 1 aromatic heterocycles. The smallest absolute Gasteiger partial charge is 0.315 e. The fourth-order valence-electron chi connectivity index (χ4n) is 2.54. The van der Waals surface area contributed by atoms with Crippen LogP contribution >= 0.6 is 11.8 Å². The van der Waals surface area contributed by atoms with Crippen molar-refractivity contribution in [2.75, 3.05) is 5.75 Å². The third-order valence-corrected chi connectivity index (χ3v) is 5.07. The Balaban J connectivity index is 0.000000272. The Bertz CT molecular complexity index is 435. The Labute approximate surface area is 128 Å². The van der Waals surface area contributed by atoms with Gasteiger partial charge in [-0.2, -0.15) is 11.8 Å². The number of fused-ring (bicyclic) bond motifs is 1. The number of nitrogens with one attached hydrogen (secondary N) is 3. The zero-order chi connectivity index (χ0) is 15.1. The number of thioether (sulfide) groups is 1. The van der Waals surface area contributed by atoms with Gasteiger partial charge in [0.15, 0.2) is 0 Å². The van der Waals surface area contributed by atoms with Crippen molar-refractivity contribution in [3.05, 3.63) is 24.5 Å². The molecule has 0 spiro atoms. The summed E-state index contributed by atoms with van der Waals surface area (Å²) in [5, 5.41) is 14.8. The first kappa shape index (κ1) is 15.8. The Morgan fingerprint density at radius 2 is 2.05 bits per heavy atom. The van der Waals surface area contributed by atoms with Gasteiger partial charge in [-0.3, -0.25) is 4.79 Å². The Morgan fingerprint density at radius 1 is 1.29 bits per heavy atom. The van der Waals surface area contributed by atoms with Gasteiger partial charge in [0, 0.05) is 29.8 Å². The molecule has 3 heterocycles. The largest absolute Gasteiger partial charge is 0.481 e. The highest BCUT2D eigenvalue weighted by Crippen LogP contribution is 2.33. The molecule has 0 unspecified atom stereocenters. The van der Waals surface area contributed by atoms with E-state index in [1.165, 1.54) is 0 Å². The highest BCUT2D eigenvalue weighted by molar-refractivity contribution is 8.00. The predicted octanol–water partition coefficient (Wildman–Crippen LogP) is 1.81. The van der Waals surface area contributed by atoms with Crippen molar-refractivity contribution >= 4 is 23.8 Å². The van der Waals surface area contributed by atoms with Gasteiger partial charge in [-0.05, 0) is 25.0 Å². The van der Waals surface area contributed by atoms with Gasteiger partial charge in [-0.1, -0.05) is 6.42 Å². The van der Waals surface area contributed by atoms with E-state index in [1.807, 2.05) is 36.3 Å². The number of hydrogen-bond donors (Lipinski definition) is 4. The van der Waals surface area contributed by atoms with Crippen LogP contribution in [0.4, 0.5) is 4.79 Å². The minimum atomic E-state index is -0.729. The number of aromatic amines is 1.